The Hall–Kier alpha value is -3.67. The van der Waals surface area contributed by atoms with Crippen molar-refractivity contribution in [1.29, 1.82) is 0 Å². The Kier molecular flexibility index (Phi) is 6.53. The number of benzene rings is 2. The van der Waals surface area contributed by atoms with Gasteiger partial charge in [-0.15, -0.1) is 0 Å². The van der Waals surface area contributed by atoms with Crippen LogP contribution in [0.2, 0.25) is 0 Å². The van der Waals surface area contributed by atoms with Crippen molar-refractivity contribution in [2.75, 3.05) is 0 Å². The van der Waals surface area contributed by atoms with Gasteiger partial charge in [-0.2, -0.15) is 0 Å². The Labute approximate surface area is 206 Å². The SMILES string of the molecule is CC(C)C[C@@H]1C(=O)N[C@H](C2Cc3ccccc3C2)C(=O)N1Cc1ccccc1Oc1ccccn1. The van der Waals surface area contributed by atoms with Crippen LogP contribution in [0.25, 0.3) is 0 Å². The van der Waals surface area contributed by atoms with Crippen LogP contribution in [0, 0.1) is 11.8 Å². The van der Waals surface area contributed by atoms with Gasteiger partial charge in [0.15, 0.2) is 0 Å². The molecule has 2 heterocycles. The summed E-state index contributed by atoms with van der Waals surface area (Å²) in [5.41, 5.74) is 3.39. The molecule has 0 unspecified atom stereocenters. The average molecular weight is 470 g/mol. The number of rotatable bonds is 7. The normalized spacial score (nSPS) is 20.1. The van der Waals surface area contributed by atoms with E-state index in [0.29, 0.717) is 24.6 Å². The van der Waals surface area contributed by atoms with Gasteiger partial charge < -0.3 is 15.0 Å². The quantitative estimate of drug-likeness (QED) is 0.552. The van der Waals surface area contributed by atoms with E-state index in [2.05, 4.69) is 36.3 Å². The number of carbonyl (C=O) groups excluding carboxylic acids is 2. The second kappa shape index (κ2) is 9.90. The van der Waals surface area contributed by atoms with Gasteiger partial charge in [-0.05, 0) is 54.4 Å². The lowest BCUT2D eigenvalue weighted by molar-refractivity contribution is -0.152. The summed E-state index contributed by atoms with van der Waals surface area (Å²) in [6.07, 6.45) is 3.89. The summed E-state index contributed by atoms with van der Waals surface area (Å²) < 4.78 is 6.05. The number of nitrogens with one attached hydrogen (secondary N) is 1. The van der Waals surface area contributed by atoms with E-state index in [4.69, 9.17) is 4.74 Å². The van der Waals surface area contributed by atoms with Gasteiger partial charge in [-0.1, -0.05) is 62.4 Å². The lowest BCUT2D eigenvalue weighted by Gasteiger charge is -2.41. The highest BCUT2D eigenvalue weighted by Crippen LogP contribution is 2.33. The minimum atomic E-state index is -0.526. The number of para-hydroxylation sites is 1. The molecule has 2 aliphatic rings. The number of amides is 2. The molecule has 1 fully saturated rings. The molecule has 0 saturated carbocycles. The van der Waals surface area contributed by atoms with Crippen molar-refractivity contribution in [2.24, 2.45) is 11.8 Å². The van der Waals surface area contributed by atoms with Crippen molar-refractivity contribution in [1.82, 2.24) is 15.2 Å². The number of ether oxygens (including phenoxy) is 1. The predicted octanol–water partition coefficient (Wildman–Crippen LogP) is 4.53. The minimum Gasteiger partial charge on any atom is -0.439 e. The first-order valence-electron chi connectivity index (χ1n) is 12.3. The molecule has 35 heavy (non-hydrogen) atoms. The fraction of sp³-hybridized carbons (Fsp3) is 0.345. The average Bonchev–Trinajstić information content (AvgIpc) is 3.29. The molecule has 5 rings (SSSR count). The van der Waals surface area contributed by atoms with Gasteiger partial charge in [0.25, 0.3) is 0 Å². The van der Waals surface area contributed by atoms with Crippen LogP contribution in [0.15, 0.2) is 72.9 Å². The molecule has 1 aliphatic carbocycles. The number of aromatic nitrogens is 1. The second-order valence-corrected chi connectivity index (χ2v) is 9.91. The summed E-state index contributed by atoms with van der Waals surface area (Å²) in [4.78, 5) is 33.3. The third kappa shape index (κ3) is 4.92. The van der Waals surface area contributed by atoms with Gasteiger partial charge in [-0.3, -0.25) is 9.59 Å². The summed E-state index contributed by atoms with van der Waals surface area (Å²) >= 11 is 0. The molecular weight excluding hydrogens is 438 g/mol. The Morgan fingerprint density at radius 2 is 1.66 bits per heavy atom. The number of carbonyl (C=O) groups is 2. The summed E-state index contributed by atoms with van der Waals surface area (Å²) in [6.45, 7) is 4.46. The molecule has 2 aromatic carbocycles. The van der Waals surface area contributed by atoms with Crippen LogP contribution >= 0.6 is 0 Å². The smallest absolute Gasteiger partial charge is 0.246 e. The first-order valence-corrected chi connectivity index (χ1v) is 12.3. The number of pyridine rings is 1. The molecular formula is C29H31N3O3. The maximum absolute atomic E-state index is 13.9. The molecule has 1 aliphatic heterocycles. The van der Waals surface area contributed by atoms with Crippen LogP contribution < -0.4 is 10.1 Å². The van der Waals surface area contributed by atoms with Gasteiger partial charge in [0.1, 0.15) is 17.8 Å². The molecule has 0 bridgehead atoms. The van der Waals surface area contributed by atoms with E-state index in [1.165, 1.54) is 11.1 Å². The van der Waals surface area contributed by atoms with E-state index < -0.39 is 12.1 Å². The fourth-order valence-electron chi connectivity index (χ4n) is 5.24. The lowest BCUT2D eigenvalue weighted by atomic mass is 9.90. The Bertz CT molecular complexity index is 1190. The van der Waals surface area contributed by atoms with E-state index in [9.17, 15) is 9.59 Å². The topological polar surface area (TPSA) is 71.5 Å². The van der Waals surface area contributed by atoms with Crippen molar-refractivity contribution in [3.8, 4) is 11.6 Å². The van der Waals surface area contributed by atoms with Gasteiger partial charge in [0.05, 0.1) is 6.54 Å². The molecule has 180 valence electrons. The van der Waals surface area contributed by atoms with Crippen molar-refractivity contribution >= 4 is 11.8 Å². The zero-order valence-electron chi connectivity index (χ0n) is 20.2. The van der Waals surface area contributed by atoms with Crippen LogP contribution in [0.4, 0.5) is 0 Å². The van der Waals surface area contributed by atoms with Gasteiger partial charge in [-0.25, -0.2) is 4.98 Å². The van der Waals surface area contributed by atoms with Crippen LogP contribution in [0.1, 0.15) is 37.0 Å². The summed E-state index contributed by atoms with van der Waals surface area (Å²) in [7, 11) is 0. The minimum absolute atomic E-state index is 0.0132. The third-order valence-electron chi connectivity index (χ3n) is 6.94. The van der Waals surface area contributed by atoms with E-state index in [-0.39, 0.29) is 23.7 Å². The van der Waals surface area contributed by atoms with Gasteiger partial charge in [0, 0.05) is 17.8 Å². The predicted molar refractivity (Wildman–Crippen MR) is 134 cm³/mol. The zero-order chi connectivity index (χ0) is 24.4. The summed E-state index contributed by atoms with van der Waals surface area (Å²) in [6, 6.07) is 20.4. The summed E-state index contributed by atoms with van der Waals surface area (Å²) in [5, 5.41) is 3.10. The van der Waals surface area contributed by atoms with E-state index in [1.54, 1.807) is 17.2 Å². The van der Waals surface area contributed by atoms with Crippen molar-refractivity contribution in [2.45, 2.75) is 51.7 Å². The molecule has 0 spiro atoms. The molecule has 2 atom stereocenters. The number of nitrogens with zero attached hydrogens (tertiary/aromatic N) is 2. The number of fused-ring (bicyclic) bond motifs is 1. The first kappa shape index (κ1) is 23.1. The standard InChI is InChI=1S/C29H31N3O3/c1-19(2)15-24-28(33)31-27(23-16-20-9-3-4-10-21(20)17-23)29(34)32(24)18-22-11-5-6-12-25(22)35-26-13-7-8-14-30-26/h3-14,19,23-24,27H,15-18H2,1-2H3,(H,31,33)/t24-,27-/m1/s1. The lowest BCUT2D eigenvalue weighted by Crippen LogP contribution is -2.65. The Balaban J connectivity index is 1.42. The second-order valence-electron chi connectivity index (χ2n) is 9.91. The van der Waals surface area contributed by atoms with Gasteiger partial charge in [0.2, 0.25) is 17.7 Å². The highest BCUT2D eigenvalue weighted by atomic mass is 16.5. The Morgan fingerprint density at radius 3 is 2.34 bits per heavy atom. The maximum Gasteiger partial charge on any atom is 0.246 e. The monoisotopic (exact) mass is 469 g/mol. The molecule has 6 nitrogen and oxygen atoms in total. The molecule has 1 saturated heterocycles. The molecule has 0 radical (unpaired) electrons. The van der Waals surface area contributed by atoms with E-state index in [0.717, 1.165) is 18.4 Å². The van der Waals surface area contributed by atoms with Crippen LogP contribution in [-0.2, 0) is 29.0 Å². The molecule has 6 heteroatoms. The van der Waals surface area contributed by atoms with Crippen molar-refractivity contribution in [3.05, 3.63) is 89.6 Å². The molecule has 1 aromatic heterocycles. The van der Waals surface area contributed by atoms with Gasteiger partial charge >= 0.3 is 0 Å². The Morgan fingerprint density at radius 1 is 0.971 bits per heavy atom. The molecule has 2 amide bonds. The van der Waals surface area contributed by atoms with Crippen LogP contribution in [0.3, 0.4) is 0 Å². The van der Waals surface area contributed by atoms with E-state index in [1.807, 2.05) is 48.5 Å². The zero-order valence-corrected chi connectivity index (χ0v) is 20.2. The van der Waals surface area contributed by atoms with Crippen LogP contribution in [0.5, 0.6) is 11.6 Å². The van der Waals surface area contributed by atoms with Crippen LogP contribution in [-0.4, -0.2) is 33.8 Å². The molecule has 1 N–H and O–H groups in total. The summed E-state index contributed by atoms with van der Waals surface area (Å²) in [5.74, 6) is 1.38. The number of hydrogen-bond acceptors (Lipinski definition) is 4. The molecule has 3 aromatic rings. The largest absolute Gasteiger partial charge is 0.439 e. The van der Waals surface area contributed by atoms with Crippen molar-refractivity contribution < 1.29 is 14.3 Å². The highest BCUT2D eigenvalue weighted by molar-refractivity contribution is 5.97. The third-order valence-corrected chi connectivity index (χ3v) is 6.94. The van der Waals surface area contributed by atoms with E-state index >= 15 is 0 Å². The maximum atomic E-state index is 13.9. The first-order chi connectivity index (χ1) is 17.0. The highest BCUT2D eigenvalue weighted by Gasteiger charge is 2.45. The van der Waals surface area contributed by atoms with Crippen molar-refractivity contribution in [3.63, 3.8) is 0 Å². The number of piperazine rings is 1. The fourth-order valence-corrected chi connectivity index (χ4v) is 5.24. The number of hydrogen-bond donors (Lipinski definition) is 1.